The normalized spacial score (nSPS) is 12.8. The van der Waals surface area contributed by atoms with Gasteiger partial charge in [-0.25, -0.2) is 4.79 Å². The number of carboxylic acid groups (broad SMARTS) is 1. The molecule has 4 N–H and O–H groups in total. The zero-order valence-electron chi connectivity index (χ0n) is 11.4. The molecule has 7 nitrogen and oxygen atoms in total. The number of hydrogen-bond acceptors (Lipinski definition) is 3. The van der Waals surface area contributed by atoms with E-state index >= 15 is 0 Å². The van der Waals surface area contributed by atoms with Crippen molar-refractivity contribution in [3.8, 4) is 0 Å². The fraction of sp³-hybridized carbons (Fsp3) is 0.583. The van der Waals surface area contributed by atoms with E-state index < -0.39 is 12.0 Å². The lowest BCUT2D eigenvalue weighted by molar-refractivity contribution is -0.138. The van der Waals surface area contributed by atoms with E-state index in [0.29, 0.717) is 6.54 Å². The maximum absolute atomic E-state index is 11.7. The predicted molar refractivity (Wildman–Crippen MR) is 69.5 cm³/mol. The lowest BCUT2D eigenvalue weighted by Gasteiger charge is -2.30. The molecule has 1 rings (SSSR count). The third-order valence-electron chi connectivity index (χ3n) is 2.74. The summed E-state index contributed by atoms with van der Waals surface area (Å²) in [5.41, 5.74) is 0.520. The molecule has 1 unspecified atom stereocenters. The molecule has 7 heteroatoms. The molecule has 0 radical (unpaired) electrons. The zero-order chi connectivity index (χ0) is 14.5. The molecule has 0 spiro atoms. The van der Waals surface area contributed by atoms with E-state index in [4.69, 9.17) is 5.11 Å². The van der Waals surface area contributed by atoms with E-state index in [0.717, 1.165) is 5.56 Å². The highest BCUT2D eigenvalue weighted by molar-refractivity contribution is 5.75. The summed E-state index contributed by atoms with van der Waals surface area (Å²) in [4.78, 5) is 22.5. The van der Waals surface area contributed by atoms with Crippen molar-refractivity contribution in [2.45, 2.75) is 39.8 Å². The van der Waals surface area contributed by atoms with Crippen LogP contribution in [0.4, 0.5) is 4.79 Å². The van der Waals surface area contributed by atoms with Gasteiger partial charge in [0.25, 0.3) is 0 Å². The van der Waals surface area contributed by atoms with Gasteiger partial charge in [-0.05, 0) is 5.41 Å². The fourth-order valence-corrected chi connectivity index (χ4v) is 1.51. The first-order chi connectivity index (χ1) is 8.79. The smallest absolute Gasteiger partial charge is 0.315 e. The average molecular weight is 268 g/mol. The number of urea groups is 1. The maximum atomic E-state index is 11.7. The molecule has 0 saturated carbocycles. The van der Waals surface area contributed by atoms with Crippen LogP contribution in [-0.4, -0.2) is 33.3 Å². The maximum Gasteiger partial charge on any atom is 0.315 e. The number of carbonyl (C=O) groups excluding carboxylic acids is 1. The van der Waals surface area contributed by atoms with Crippen molar-refractivity contribution < 1.29 is 14.7 Å². The Morgan fingerprint density at radius 1 is 1.47 bits per heavy atom. The summed E-state index contributed by atoms with van der Waals surface area (Å²) < 4.78 is 0. The molecule has 19 heavy (non-hydrogen) atoms. The van der Waals surface area contributed by atoms with Gasteiger partial charge in [-0.3, -0.25) is 9.89 Å². The molecule has 0 aliphatic heterocycles. The Bertz CT molecular complexity index is 423. The number of nitrogens with one attached hydrogen (secondary N) is 3. The van der Waals surface area contributed by atoms with Gasteiger partial charge in [-0.1, -0.05) is 20.8 Å². The second kappa shape index (κ2) is 6.21. The van der Waals surface area contributed by atoms with Gasteiger partial charge in [-0.15, -0.1) is 0 Å². The molecule has 0 saturated heterocycles. The van der Waals surface area contributed by atoms with Crippen LogP contribution in [0.1, 0.15) is 32.8 Å². The van der Waals surface area contributed by atoms with E-state index in [9.17, 15) is 9.59 Å². The molecular formula is C12H20N4O3. The second-order valence-corrected chi connectivity index (χ2v) is 5.45. The Labute approximate surface area is 111 Å². The molecule has 0 aliphatic rings. The summed E-state index contributed by atoms with van der Waals surface area (Å²) in [7, 11) is 0. The summed E-state index contributed by atoms with van der Waals surface area (Å²) >= 11 is 0. The summed E-state index contributed by atoms with van der Waals surface area (Å²) in [5.74, 6) is -0.935. The summed E-state index contributed by atoms with van der Waals surface area (Å²) in [6.07, 6.45) is 3.18. The van der Waals surface area contributed by atoms with E-state index in [-0.39, 0.29) is 17.9 Å². The molecule has 1 atom stereocenters. The molecule has 0 bridgehead atoms. The first-order valence-corrected chi connectivity index (χ1v) is 6.03. The third kappa shape index (κ3) is 5.41. The van der Waals surface area contributed by atoms with Crippen molar-refractivity contribution in [3.63, 3.8) is 0 Å². The number of aromatic amines is 1. The third-order valence-corrected chi connectivity index (χ3v) is 2.74. The van der Waals surface area contributed by atoms with Crippen LogP contribution in [0, 0.1) is 5.41 Å². The minimum atomic E-state index is -0.935. The molecular weight excluding hydrogens is 248 g/mol. The van der Waals surface area contributed by atoms with Gasteiger partial charge in [0.1, 0.15) is 0 Å². The van der Waals surface area contributed by atoms with Crippen molar-refractivity contribution >= 4 is 12.0 Å². The van der Waals surface area contributed by atoms with Gasteiger partial charge < -0.3 is 15.7 Å². The van der Waals surface area contributed by atoms with Crippen molar-refractivity contribution in [2.75, 3.05) is 0 Å². The molecule has 0 aliphatic carbocycles. The van der Waals surface area contributed by atoms with Crippen molar-refractivity contribution in [2.24, 2.45) is 5.41 Å². The molecule has 1 aromatic rings. The largest absolute Gasteiger partial charge is 0.481 e. The van der Waals surface area contributed by atoms with E-state index in [2.05, 4.69) is 20.8 Å². The Kier molecular flexibility index (Phi) is 4.91. The zero-order valence-corrected chi connectivity index (χ0v) is 11.4. The lowest BCUT2D eigenvalue weighted by atomic mass is 9.85. The van der Waals surface area contributed by atoms with Crippen LogP contribution in [-0.2, 0) is 11.3 Å². The number of amides is 2. The van der Waals surface area contributed by atoms with Gasteiger partial charge >= 0.3 is 12.0 Å². The highest BCUT2D eigenvalue weighted by atomic mass is 16.4. The van der Waals surface area contributed by atoms with Crippen LogP contribution in [0.3, 0.4) is 0 Å². The van der Waals surface area contributed by atoms with Crippen molar-refractivity contribution in [3.05, 3.63) is 18.0 Å². The Morgan fingerprint density at radius 2 is 2.16 bits per heavy atom. The average Bonchev–Trinajstić information content (AvgIpc) is 2.76. The van der Waals surface area contributed by atoms with Gasteiger partial charge in [-0.2, -0.15) is 5.10 Å². The number of nitrogens with zero attached hydrogens (tertiary/aromatic N) is 1. The van der Waals surface area contributed by atoms with Crippen LogP contribution in [0.5, 0.6) is 0 Å². The number of aliphatic carboxylic acids is 1. The first-order valence-electron chi connectivity index (χ1n) is 6.03. The van der Waals surface area contributed by atoms with Gasteiger partial charge in [0, 0.05) is 24.3 Å². The van der Waals surface area contributed by atoms with Gasteiger partial charge in [0.15, 0.2) is 0 Å². The standard InChI is InChI=1S/C12H20N4O3/c1-12(2,3)9(4-10(17)18)16-11(19)13-5-8-6-14-15-7-8/h6-7,9H,4-5H2,1-3H3,(H,14,15)(H,17,18)(H2,13,16,19). The van der Waals surface area contributed by atoms with Crippen LogP contribution in [0.25, 0.3) is 0 Å². The fourth-order valence-electron chi connectivity index (χ4n) is 1.51. The monoisotopic (exact) mass is 268 g/mol. The Morgan fingerprint density at radius 3 is 2.63 bits per heavy atom. The van der Waals surface area contributed by atoms with E-state index in [1.807, 2.05) is 20.8 Å². The number of rotatable bonds is 5. The predicted octanol–water partition coefficient (Wildman–Crippen LogP) is 1.10. The summed E-state index contributed by atoms with van der Waals surface area (Å²) in [5, 5.41) is 20.6. The molecule has 0 fully saturated rings. The molecule has 1 heterocycles. The van der Waals surface area contributed by atoms with Crippen molar-refractivity contribution in [1.29, 1.82) is 0 Å². The topological polar surface area (TPSA) is 107 Å². The summed E-state index contributed by atoms with van der Waals surface area (Å²) in [6, 6.07) is -0.822. The Balaban J connectivity index is 2.49. The van der Waals surface area contributed by atoms with Crippen LogP contribution < -0.4 is 10.6 Å². The van der Waals surface area contributed by atoms with E-state index in [1.54, 1.807) is 12.4 Å². The first kappa shape index (κ1) is 15.0. The lowest BCUT2D eigenvalue weighted by Crippen LogP contribution is -2.48. The Hall–Kier alpha value is -2.05. The van der Waals surface area contributed by atoms with Gasteiger partial charge in [0.05, 0.1) is 12.6 Å². The highest BCUT2D eigenvalue weighted by Gasteiger charge is 2.28. The SMILES string of the molecule is CC(C)(C)C(CC(=O)O)NC(=O)NCc1cn[nH]c1. The number of hydrogen-bond donors (Lipinski definition) is 4. The number of carbonyl (C=O) groups is 2. The van der Waals surface area contributed by atoms with E-state index in [1.165, 1.54) is 0 Å². The van der Waals surface area contributed by atoms with Crippen LogP contribution >= 0.6 is 0 Å². The molecule has 0 aromatic carbocycles. The number of H-pyrrole nitrogens is 1. The van der Waals surface area contributed by atoms with Crippen molar-refractivity contribution in [1.82, 2.24) is 20.8 Å². The summed E-state index contributed by atoms with van der Waals surface area (Å²) in [6.45, 7) is 6.00. The number of carboxylic acids is 1. The minimum Gasteiger partial charge on any atom is -0.481 e. The molecule has 1 aromatic heterocycles. The van der Waals surface area contributed by atoms with Gasteiger partial charge in [0.2, 0.25) is 0 Å². The van der Waals surface area contributed by atoms with Crippen LogP contribution in [0.15, 0.2) is 12.4 Å². The van der Waals surface area contributed by atoms with Crippen LogP contribution in [0.2, 0.25) is 0 Å². The molecule has 106 valence electrons. The quantitative estimate of drug-likeness (QED) is 0.641. The second-order valence-electron chi connectivity index (χ2n) is 5.45. The number of aromatic nitrogens is 2. The molecule has 2 amide bonds. The minimum absolute atomic E-state index is 0.109. The highest BCUT2D eigenvalue weighted by Crippen LogP contribution is 2.21.